The third-order valence-corrected chi connectivity index (χ3v) is 12.9. The lowest BCUT2D eigenvalue weighted by atomic mass is 9.97. The molecular weight excluding hydrogens is 709 g/mol. The van der Waals surface area contributed by atoms with E-state index in [2.05, 4.69) is 215 Å². The molecule has 0 bridgehead atoms. The molecule has 12 rings (SSSR count). The fourth-order valence-corrected chi connectivity index (χ4v) is 10.4. The number of hydrogen-bond donors (Lipinski definition) is 0. The van der Waals surface area contributed by atoms with Crippen molar-refractivity contribution in [3.05, 3.63) is 206 Å². The van der Waals surface area contributed by atoms with Gasteiger partial charge in [0.25, 0.3) is 0 Å². The Labute approximate surface area is 333 Å². The number of para-hydroxylation sites is 3. The van der Waals surface area contributed by atoms with Crippen molar-refractivity contribution in [2.45, 2.75) is 0 Å². The Balaban J connectivity index is 1.12. The standard InChI is InChI=1S/C54H34N2S/c1-3-15-35(16-4-1)36-17-13-18-37(31-36)46-33-40(34-47-44-22-9-12-28-52(44)57-54(46)47)56-49-26-11-8-23-45(49)53-41(24-14-27-50(53)56)38-29-30-43-42-21-7-10-25-48(42)55(51(43)32-38)39-19-5-2-6-20-39/h1-34H. The van der Waals surface area contributed by atoms with Crippen LogP contribution in [0.5, 0.6) is 0 Å². The molecule has 0 aliphatic rings. The number of hydrogen-bond acceptors (Lipinski definition) is 1. The summed E-state index contributed by atoms with van der Waals surface area (Å²) in [6.45, 7) is 0. The van der Waals surface area contributed by atoms with E-state index in [-0.39, 0.29) is 0 Å². The second-order valence-corrected chi connectivity index (χ2v) is 15.9. The van der Waals surface area contributed by atoms with Crippen LogP contribution in [0.25, 0.3) is 109 Å². The van der Waals surface area contributed by atoms with Crippen molar-refractivity contribution in [3.63, 3.8) is 0 Å². The van der Waals surface area contributed by atoms with Crippen LogP contribution < -0.4 is 0 Å². The maximum atomic E-state index is 2.49. The fraction of sp³-hybridized carbons (Fsp3) is 0. The largest absolute Gasteiger partial charge is 0.309 e. The topological polar surface area (TPSA) is 9.86 Å². The summed E-state index contributed by atoms with van der Waals surface area (Å²) in [5.74, 6) is 0. The third-order valence-electron chi connectivity index (χ3n) is 11.7. The maximum absolute atomic E-state index is 2.49. The quantitative estimate of drug-likeness (QED) is 0.166. The molecule has 0 atom stereocenters. The third kappa shape index (κ3) is 4.96. The van der Waals surface area contributed by atoms with Gasteiger partial charge < -0.3 is 9.13 Å². The molecule has 12 aromatic rings. The first kappa shape index (κ1) is 32.1. The molecule has 0 aliphatic heterocycles. The van der Waals surface area contributed by atoms with Gasteiger partial charge in [-0.25, -0.2) is 0 Å². The monoisotopic (exact) mass is 742 g/mol. The summed E-state index contributed by atoms with van der Waals surface area (Å²) in [4.78, 5) is 0. The lowest BCUT2D eigenvalue weighted by Crippen LogP contribution is -1.95. The zero-order valence-corrected chi connectivity index (χ0v) is 31.7. The van der Waals surface area contributed by atoms with E-state index >= 15 is 0 Å². The smallest absolute Gasteiger partial charge is 0.0547 e. The highest BCUT2D eigenvalue weighted by atomic mass is 32.1. The highest BCUT2D eigenvalue weighted by molar-refractivity contribution is 7.26. The minimum Gasteiger partial charge on any atom is -0.309 e. The van der Waals surface area contributed by atoms with Crippen LogP contribution >= 0.6 is 11.3 Å². The highest BCUT2D eigenvalue weighted by Gasteiger charge is 2.20. The average molecular weight is 743 g/mol. The van der Waals surface area contributed by atoms with Crippen molar-refractivity contribution < 1.29 is 0 Å². The molecule has 0 saturated heterocycles. The van der Waals surface area contributed by atoms with E-state index in [1.165, 1.54) is 97.2 Å². The maximum Gasteiger partial charge on any atom is 0.0547 e. The molecule has 0 saturated carbocycles. The minimum absolute atomic E-state index is 1.16. The van der Waals surface area contributed by atoms with Crippen LogP contribution in [0.2, 0.25) is 0 Å². The van der Waals surface area contributed by atoms with Crippen LogP contribution in [0.1, 0.15) is 0 Å². The zero-order valence-electron chi connectivity index (χ0n) is 30.9. The van der Waals surface area contributed by atoms with E-state index in [0.29, 0.717) is 0 Å². The summed E-state index contributed by atoms with van der Waals surface area (Å²) < 4.78 is 7.52. The van der Waals surface area contributed by atoms with Crippen molar-refractivity contribution in [1.82, 2.24) is 9.13 Å². The number of aromatic nitrogens is 2. The Morgan fingerprint density at radius 2 is 0.895 bits per heavy atom. The summed E-state index contributed by atoms with van der Waals surface area (Å²) in [5, 5.41) is 7.61. The molecule has 2 nitrogen and oxygen atoms in total. The number of fused-ring (bicyclic) bond motifs is 9. The van der Waals surface area contributed by atoms with Gasteiger partial charge in [-0.2, -0.15) is 0 Å². The summed E-state index contributed by atoms with van der Waals surface area (Å²) >= 11 is 1.89. The van der Waals surface area contributed by atoms with E-state index in [1.54, 1.807) is 0 Å². The summed E-state index contributed by atoms with van der Waals surface area (Å²) in [5.41, 5.74) is 14.5. The molecule has 3 heterocycles. The SMILES string of the molecule is c1ccc(-c2cccc(-c3cc(-n4c5ccccc5c5c(-c6ccc7c8ccccc8n(-c8ccccc8)c7c6)cccc54)cc4c3sc3ccccc34)c2)cc1. The second-order valence-electron chi connectivity index (χ2n) is 14.9. The highest BCUT2D eigenvalue weighted by Crippen LogP contribution is 2.45. The zero-order chi connectivity index (χ0) is 37.5. The Morgan fingerprint density at radius 1 is 0.298 bits per heavy atom. The molecule has 3 heteroatoms. The molecule has 0 fully saturated rings. The number of thiophene rings is 1. The van der Waals surface area contributed by atoms with Gasteiger partial charge in [0.2, 0.25) is 0 Å². The fourth-order valence-electron chi connectivity index (χ4n) is 9.18. The summed E-state index contributed by atoms with van der Waals surface area (Å²) in [6, 6.07) is 75.7. The molecule has 0 aliphatic carbocycles. The van der Waals surface area contributed by atoms with Crippen LogP contribution in [0.3, 0.4) is 0 Å². The van der Waals surface area contributed by atoms with Crippen LogP contribution in [0, 0.1) is 0 Å². The molecule has 0 radical (unpaired) electrons. The Hall–Kier alpha value is -7.20. The van der Waals surface area contributed by atoms with E-state index < -0.39 is 0 Å². The number of benzene rings is 9. The molecule has 266 valence electrons. The van der Waals surface area contributed by atoms with Gasteiger partial charge >= 0.3 is 0 Å². The lowest BCUT2D eigenvalue weighted by molar-refractivity contribution is 1.18. The molecule has 3 aromatic heterocycles. The van der Waals surface area contributed by atoms with Crippen molar-refractivity contribution in [2.75, 3.05) is 0 Å². The second kappa shape index (κ2) is 12.7. The van der Waals surface area contributed by atoms with E-state index in [1.807, 2.05) is 11.3 Å². The molecule has 0 N–H and O–H groups in total. The first-order valence-electron chi connectivity index (χ1n) is 19.5. The van der Waals surface area contributed by atoms with Gasteiger partial charge in [0.05, 0.1) is 22.1 Å². The minimum atomic E-state index is 1.16. The predicted octanol–water partition coefficient (Wildman–Crippen LogP) is 15.2. The average Bonchev–Trinajstić information content (AvgIpc) is 3.94. The van der Waals surface area contributed by atoms with E-state index in [4.69, 9.17) is 0 Å². The van der Waals surface area contributed by atoms with Crippen molar-refractivity contribution in [3.8, 4) is 44.8 Å². The Morgan fingerprint density at radius 3 is 1.74 bits per heavy atom. The lowest BCUT2D eigenvalue weighted by Gasteiger charge is -2.14. The van der Waals surface area contributed by atoms with Crippen molar-refractivity contribution >= 4 is 75.1 Å². The summed E-state index contributed by atoms with van der Waals surface area (Å²) in [6.07, 6.45) is 0. The predicted molar refractivity (Wildman–Crippen MR) is 244 cm³/mol. The molecular formula is C54H34N2S. The molecule has 9 aromatic carbocycles. The van der Waals surface area contributed by atoms with E-state index in [0.717, 1.165) is 11.4 Å². The van der Waals surface area contributed by atoms with Crippen molar-refractivity contribution in [1.29, 1.82) is 0 Å². The number of rotatable bonds is 5. The number of nitrogens with zero attached hydrogens (tertiary/aromatic N) is 2. The molecule has 0 spiro atoms. The Bertz CT molecular complexity index is 3510. The van der Waals surface area contributed by atoms with Gasteiger partial charge in [-0.05, 0) is 88.5 Å². The summed E-state index contributed by atoms with van der Waals surface area (Å²) in [7, 11) is 0. The van der Waals surface area contributed by atoms with E-state index in [9.17, 15) is 0 Å². The normalized spacial score (nSPS) is 11.9. The van der Waals surface area contributed by atoms with Gasteiger partial charge in [-0.1, -0.05) is 146 Å². The molecule has 0 unspecified atom stereocenters. The first-order chi connectivity index (χ1) is 28.3. The Kier molecular flexibility index (Phi) is 7.13. The van der Waals surface area contributed by atoms with Crippen LogP contribution in [0.15, 0.2) is 206 Å². The van der Waals surface area contributed by atoms with Crippen LogP contribution in [-0.4, -0.2) is 9.13 Å². The molecule has 0 amide bonds. The van der Waals surface area contributed by atoms with Crippen LogP contribution in [-0.2, 0) is 0 Å². The first-order valence-corrected chi connectivity index (χ1v) is 20.3. The molecule has 57 heavy (non-hydrogen) atoms. The van der Waals surface area contributed by atoms with Gasteiger partial charge in [0.15, 0.2) is 0 Å². The van der Waals surface area contributed by atoms with Gasteiger partial charge in [-0.3, -0.25) is 0 Å². The van der Waals surface area contributed by atoms with Gasteiger partial charge in [-0.15, -0.1) is 11.3 Å². The van der Waals surface area contributed by atoms with Crippen molar-refractivity contribution in [2.24, 2.45) is 0 Å². The van der Waals surface area contributed by atoms with Gasteiger partial charge in [0.1, 0.15) is 0 Å². The van der Waals surface area contributed by atoms with Crippen LogP contribution in [0.4, 0.5) is 0 Å². The van der Waals surface area contributed by atoms with Gasteiger partial charge in [0, 0.05) is 58.7 Å².